The van der Waals surface area contributed by atoms with E-state index in [1.54, 1.807) is 0 Å². The van der Waals surface area contributed by atoms with Crippen LogP contribution in [-0.2, 0) is 16.1 Å². The van der Waals surface area contributed by atoms with Crippen LogP contribution in [0.2, 0.25) is 5.02 Å². The normalized spacial score (nSPS) is 18.3. The van der Waals surface area contributed by atoms with Gasteiger partial charge in [-0.25, -0.2) is 4.79 Å². The fourth-order valence-electron chi connectivity index (χ4n) is 3.52. The molecule has 0 heterocycles. The highest BCUT2D eigenvalue weighted by Crippen LogP contribution is 2.26. The van der Waals surface area contributed by atoms with Gasteiger partial charge in [0.05, 0.1) is 5.92 Å². The lowest BCUT2D eigenvalue weighted by molar-refractivity contribution is -0.143. The van der Waals surface area contributed by atoms with Crippen LogP contribution < -0.4 is 10.6 Å². The number of aliphatic carboxylic acids is 1. The molecule has 1 saturated carbocycles. The third-order valence-corrected chi connectivity index (χ3v) is 5.24. The standard InChI is InChI=1S/C22H23ClN2O5/c23-16-10-15(20(26)25-19-9-5-4-8-18(19)21(27)28)11-17(12-16)24-22(29)30-13-14-6-2-1-3-7-14/h1-3,6-7,10-12,18-19H,4-5,8-9,13H2,(H,24,29)(H,25,26)(H,27,28)/t18-,19-/m0/s1. The molecule has 1 fully saturated rings. The minimum absolute atomic E-state index is 0.110. The lowest BCUT2D eigenvalue weighted by Crippen LogP contribution is -2.45. The number of carbonyl (C=O) groups is 3. The molecule has 0 saturated heterocycles. The summed E-state index contributed by atoms with van der Waals surface area (Å²) in [5, 5.41) is 15.0. The molecule has 2 aromatic rings. The molecule has 1 aliphatic rings. The first-order valence-corrected chi connectivity index (χ1v) is 10.1. The zero-order valence-corrected chi connectivity index (χ0v) is 17.0. The zero-order chi connectivity index (χ0) is 21.5. The Balaban J connectivity index is 1.63. The van der Waals surface area contributed by atoms with Crippen molar-refractivity contribution in [1.29, 1.82) is 0 Å². The molecule has 2 amide bonds. The van der Waals surface area contributed by atoms with Gasteiger partial charge in [-0.3, -0.25) is 14.9 Å². The molecule has 0 unspecified atom stereocenters. The van der Waals surface area contributed by atoms with E-state index in [9.17, 15) is 19.5 Å². The van der Waals surface area contributed by atoms with Crippen molar-refractivity contribution in [2.75, 3.05) is 5.32 Å². The van der Waals surface area contributed by atoms with Crippen molar-refractivity contribution in [3.05, 3.63) is 64.7 Å². The van der Waals surface area contributed by atoms with E-state index in [-0.39, 0.29) is 17.2 Å². The van der Waals surface area contributed by atoms with Gasteiger partial charge in [0.1, 0.15) is 6.61 Å². The summed E-state index contributed by atoms with van der Waals surface area (Å²) in [5.74, 6) is -1.95. The maximum Gasteiger partial charge on any atom is 0.411 e. The van der Waals surface area contributed by atoms with Gasteiger partial charge in [-0.2, -0.15) is 0 Å². The summed E-state index contributed by atoms with van der Waals surface area (Å²) in [7, 11) is 0. The Morgan fingerprint density at radius 2 is 1.80 bits per heavy atom. The van der Waals surface area contributed by atoms with Crippen LogP contribution in [-0.4, -0.2) is 29.1 Å². The van der Waals surface area contributed by atoms with E-state index in [0.717, 1.165) is 18.4 Å². The van der Waals surface area contributed by atoms with Crippen LogP contribution in [0.25, 0.3) is 0 Å². The summed E-state index contributed by atoms with van der Waals surface area (Å²) < 4.78 is 5.18. The first-order chi connectivity index (χ1) is 14.4. The van der Waals surface area contributed by atoms with Crippen molar-refractivity contribution in [1.82, 2.24) is 5.32 Å². The average Bonchev–Trinajstić information content (AvgIpc) is 2.73. The fourth-order valence-corrected chi connectivity index (χ4v) is 3.76. The van der Waals surface area contributed by atoms with Crippen molar-refractivity contribution in [2.24, 2.45) is 5.92 Å². The van der Waals surface area contributed by atoms with Gasteiger partial charge in [0.25, 0.3) is 5.91 Å². The van der Waals surface area contributed by atoms with E-state index in [0.29, 0.717) is 18.5 Å². The zero-order valence-electron chi connectivity index (χ0n) is 16.3. The van der Waals surface area contributed by atoms with Crippen molar-refractivity contribution < 1.29 is 24.2 Å². The van der Waals surface area contributed by atoms with Gasteiger partial charge in [-0.15, -0.1) is 0 Å². The van der Waals surface area contributed by atoms with Gasteiger partial charge in [0.15, 0.2) is 0 Å². The Bertz CT molecular complexity index is 919. The summed E-state index contributed by atoms with van der Waals surface area (Å²) in [6, 6.07) is 13.3. The molecular formula is C22H23ClN2O5. The molecule has 2 aromatic carbocycles. The number of anilines is 1. The van der Waals surface area contributed by atoms with E-state index in [2.05, 4.69) is 10.6 Å². The predicted octanol–water partition coefficient (Wildman–Crippen LogP) is 4.46. The predicted molar refractivity (Wildman–Crippen MR) is 113 cm³/mol. The van der Waals surface area contributed by atoms with Gasteiger partial charge >= 0.3 is 12.1 Å². The third-order valence-electron chi connectivity index (χ3n) is 5.02. The van der Waals surface area contributed by atoms with Crippen LogP contribution in [0.1, 0.15) is 41.6 Å². The highest BCUT2D eigenvalue weighted by atomic mass is 35.5. The number of carboxylic acids is 1. The number of amides is 2. The van der Waals surface area contributed by atoms with E-state index in [1.165, 1.54) is 18.2 Å². The average molecular weight is 431 g/mol. The first-order valence-electron chi connectivity index (χ1n) is 9.74. The van der Waals surface area contributed by atoms with Gasteiger partial charge in [-0.05, 0) is 36.6 Å². The number of halogens is 1. The van der Waals surface area contributed by atoms with Crippen molar-refractivity contribution in [3.8, 4) is 0 Å². The lowest BCUT2D eigenvalue weighted by atomic mass is 9.84. The number of hydrogen-bond acceptors (Lipinski definition) is 4. The molecule has 8 heteroatoms. The highest BCUT2D eigenvalue weighted by molar-refractivity contribution is 6.31. The molecule has 2 atom stereocenters. The molecule has 30 heavy (non-hydrogen) atoms. The number of carboxylic acid groups (broad SMARTS) is 1. The molecule has 0 bridgehead atoms. The third kappa shape index (κ3) is 5.97. The van der Waals surface area contributed by atoms with E-state index >= 15 is 0 Å². The Morgan fingerprint density at radius 1 is 1.07 bits per heavy atom. The number of nitrogens with one attached hydrogen (secondary N) is 2. The Morgan fingerprint density at radius 3 is 2.53 bits per heavy atom. The molecule has 0 radical (unpaired) electrons. The van der Waals surface area contributed by atoms with Crippen LogP contribution in [0.3, 0.4) is 0 Å². The van der Waals surface area contributed by atoms with E-state index in [1.807, 2.05) is 30.3 Å². The summed E-state index contributed by atoms with van der Waals surface area (Å²) in [6.07, 6.45) is 2.17. The van der Waals surface area contributed by atoms with Crippen molar-refractivity contribution in [3.63, 3.8) is 0 Å². The maximum absolute atomic E-state index is 12.7. The molecule has 1 aliphatic carbocycles. The monoisotopic (exact) mass is 430 g/mol. The highest BCUT2D eigenvalue weighted by Gasteiger charge is 2.32. The second kappa shape index (κ2) is 10.1. The van der Waals surface area contributed by atoms with Gasteiger partial charge in [0.2, 0.25) is 0 Å². The molecular weight excluding hydrogens is 408 g/mol. The molecule has 0 aromatic heterocycles. The largest absolute Gasteiger partial charge is 0.481 e. The Hall–Kier alpha value is -3.06. The molecule has 3 rings (SSSR count). The van der Waals surface area contributed by atoms with Gasteiger partial charge in [-0.1, -0.05) is 54.8 Å². The maximum atomic E-state index is 12.7. The fraction of sp³-hybridized carbons (Fsp3) is 0.318. The van der Waals surface area contributed by atoms with Crippen LogP contribution in [0.5, 0.6) is 0 Å². The van der Waals surface area contributed by atoms with Crippen LogP contribution >= 0.6 is 11.6 Å². The van der Waals surface area contributed by atoms with Crippen LogP contribution in [0.15, 0.2) is 48.5 Å². The lowest BCUT2D eigenvalue weighted by Gasteiger charge is -2.29. The second-order valence-electron chi connectivity index (χ2n) is 7.22. The summed E-state index contributed by atoms with van der Waals surface area (Å²) in [4.78, 5) is 36.2. The quantitative estimate of drug-likeness (QED) is 0.627. The van der Waals surface area contributed by atoms with Gasteiger partial charge in [0, 0.05) is 22.3 Å². The Kier molecular flexibility index (Phi) is 7.30. The minimum Gasteiger partial charge on any atom is -0.481 e. The smallest absolute Gasteiger partial charge is 0.411 e. The minimum atomic E-state index is -0.908. The van der Waals surface area contributed by atoms with Crippen molar-refractivity contribution >= 4 is 35.3 Å². The van der Waals surface area contributed by atoms with Gasteiger partial charge < -0.3 is 15.2 Å². The molecule has 0 aliphatic heterocycles. The van der Waals surface area contributed by atoms with Crippen LogP contribution in [0, 0.1) is 5.92 Å². The number of ether oxygens (including phenoxy) is 1. The Labute approximate surface area is 179 Å². The van der Waals surface area contributed by atoms with Crippen LogP contribution in [0.4, 0.5) is 10.5 Å². The summed E-state index contributed by atoms with van der Waals surface area (Å²) >= 11 is 6.11. The summed E-state index contributed by atoms with van der Waals surface area (Å²) in [6.45, 7) is 0.110. The van der Waals surface area contributed by atoms with E-state index < -0.39 is 29.9 Å². The second-order valence-corrected chi connectivity index (χ2v) is 7.66. The first kappa shape index (κ1) is 21.6. The molecule has 7 nitrogen and oxygen atoms in total. The number of benzene rings is 2. The SMILES string of the molecule is O=C(Nc1cc(Cl)cc(C(=O)N[C@H]2CCCC[C@@H]2C(=O)O)c1)OCc1ccccc1. The molecule has 158 valence electrons. The van der Waals surface area contributed by atoms with E-state index in [4.69, 9.17) is 16.3 Å². The number of carbonyl (C=O) groups excluding carboxylic acids is 2. The molecule has 3 N–H and O–H groups in total. The topological polar surface area (TPSA) is 105 Å². The molecule has 0 spiro atoms. The number of hydrogen-bond donors (Lipinski definition) is 3. The number of rotatable bonds is 6. The summed E-state index contributed by atoms with van der Waals surface area (Å²) in [5.41, 5.74) is 1.39. The van der Waals surface area contributed by atoms with Crippen molar-refractivity contribution in [2.45, 2.75) is 38.3 Å².